The summed E-state index contributed by atoms with van der Waals surface area (Å²) >= 11 is 3.31. The molecule has 6 aliphatic heterocycles. The van der Waals surface area contributed by atoms with Crippen LogP contribution >= 0.6 is 15.9 Å². The highest BCUT2D eigenvalue weighted by molar-refractivity contribution is 9.08. The third-order valence-corrected chi connectivity index (χ3v) is 21.3. The van der Waals surface area contributed by atoms with Crippen molar-refractivity contribution in [1.29, 1.82) is 0 Å². The average Bonchev–Trinajstić information content (AvgIpc) is 1.63. The second kappa shape index (κ2) is 39.8. The number of methoxy groups -OCH3 is 5. The SMILES string of the molecule is CCN1c2ncc(CCOc3cccc4c3CN(Cc3ccncc3)C4=O)cc2C(=O)N(C)c2cccnc21.CCN1c2ncc(CCOc3cccc4c3CNC4=O)cc2C(=O)N(C)c2cccnc21.COC(=O)c1cccc(OC)c1C.COC(=O)c1cccc(OC)c1CBr.COc1cccc2c1CNC2=O.O=C1NCc2c(O)cccc21. The lowest BCUT2D eigenvalue weighted by molar-refractivity contribution is 0.0590. The zero-order valence-electron chi connectivity index (χ0n) is 68.4. The molecule has 0 saturated carbocycles. The number of ether oxygens (including phenoxy) is 7. The molecule has 0 bridgehead atoms. The molecule has 0 radical (unpaired) electrons. The summed E-state index contributed by atoms with van der Waals surface area (Å²) in [6, 6.07) is 47.2. The van der Waals surface area contributed by atoms with Crippen LogP contribution in [0.15, 0.2) is 195 Å². The second-order valence-corrected chi connectivity index (χ2v) is 28.3. The molecule has 0 fully saturated rings. The summed E-state index contributed by atoms with van der Waals surface area (Å²) in [5.41, 5.74) is 14.2. The molecular formula is C91H90BrN13O16. The standard InChI is InChI=1S/C30H28N6O3.C24H23N5O3.C10H11BrO3.C10H12O3.C9H9NO2.C8H7NO2/c1-3-36-27-23(29(37)34(2)25-7-5-12-32-28(25)36)16-21(17-33-27)11-15-39-26-8-4-6-22-24(26)19-35(30(22)38)18-20-9-13-31-14-10-20;1-3-29-21-17(24(31)28(2)19-7-5-10-25-22(19)29)12-15(13-26-21)9-11-32-20-8-4-6-16-18(20)14-27-23(16)30;1-13-9-5-3-4-7(8(9)6-11)10(12)14-2;1-7-8(10(11)13-3)5-4-6-9(7)12-2;1-12-8-4-2-3-6-7(8)5-10-9(6)11;10-7-3-1-2-5-6(7)4-9-8(5)11/h4-10,12-14,16-17H,3,11,15,18-19H2,1-2H3;4-8,10,12-13H,3,9,11,14H2,1-2H3,(H,27,30);3-5H,6H2,1-2H3;4-6H,1-3H3;2-4H,5H2,1H3,(H,10,11);1-3,10H,4H2,(H,9,11). The maximum absolute atomic E-state index is 13.4. The molecule has 0 unspecified atom stereocenters. The van der Waals surface area contributed by atoms with Crippen molar-refractivity contribution < 1.29 is 76.6 Å². The van der Waals surface area contributed by atoms with Gasteiger partial charge in [0.1, 0.15) is 46.1 Å². The summed E-state index contributed by atoms with van der Waals surface area (Å²) in [4.78, 5) is 128. The molecule has 0 aliphatic carbocycles. The normalized spacial score (nSPS) is 13.2. The van der Waals surface area contributed by atoms with E-state index in [1.165, 1.54) is 14.2 Å². The van der Waals surface area contributed by atoms with E-state index in [2.05, 4.69) is 66.3 Å². The van der Waals surface area contributed by atoms with Crippen LogP contribution in [0.4, 0.5) is 34.6 Å². The molecule has 30 heteroatoms. The molecule has 11 heterocycles. The van der Waals surface area contributed by atoms with Crippen LogP contribution in [0.2, 0.25) is 0 Å². The van der Waals surface area contributed by atoms with Crippen molar-refractivity contribution in [3.05, 3.63) is 289 Å². The smallest absolute Gasteiger partial charge is 0.338 e. The highest BCUT2D eigenvalue weighted by Gasteiger charge is 2.35. The van der Waals surface area contributed by atoms with Crippen molar-refractivity contribution in [2.24, 2.45) is 0 Å². The monoisotopic (exact) mass is 1700 g/mol. The Bertz CT molecular complexity index is 5720. The fraction of sp³-hybridized carbons (Fsp3) is 0.242. The number of carbonyl (C=O) groups excluding carboxylic acids is 8. The summed E-state index contributed by atoms with van der Waals surface area (Å²) in [6.07, 6.45) is 11.6. The molecule has 6 aliphatic rings. The lowest BCUT2D eigenvalue weighted by Gasteiger charge is -2.22. The van der Waals surface area contributed by atoms with Gasteiger partial charge in [-0.1, -0.05) is 52.3 Å². The molecule has 5 aromatic heterocycles. The number of halogens is 1. The highest BCUT2D eigenvalue weighted by Crippen LogP contribution is 2.41. The lowest BCUT2D eigenvalue weighted by Crippen LogP contribution is -2.25. The van der Waals surface area contributed by atoms with Gasteiger partial charge in [-0.2, -0.15) is 0 Å². The number of esters is 2. The first-order valence-electron chi connectivity index (χ1n) is 38.7. The van der Waals surface area contributed by atoms with E-state index < -0.39 is 0 Å². The third-order valence-electron chi connectivity index (χ3n) is 20.7. The Morgan fingerprint density at radius 3 is 1.39 bits per heavy atom. The van der Waals surface area contributed by atoms with E-state index in [4.69, 9.17) is 23.7 Å². The number of benzene rings is 6. The van der Waals surface area contributed by atoms with Crippen molar-refractivity contribution in [2.45, 2.75) is 71.7 Å². The minimum Gasteiger partial charge on any atom is -0.508 e. The van der Waals surface area contributed by atoms with Gasteiger partial charge >= 0.3 is 11.9 Å². The van der Waals surface area contributed by atoms with Crippen molar-refractivity contribution in [1.82, 2.24) is 45.8 Å². The summed E-state index contributed by atoms with van der Waals surface area (Å²) in [7, 11) is 11.0. The Morgan fingerprint density at radius 1 is 0.455 bits per heavy atom. The van der Waals surface area contributed by atoms with Gasteiger partial charge < -0.3 is 78.7 Å². The number of rotatable bonds is 18. The third kappa shape index (κ3) is 19.0. The number of amides is 6. The Balaban J connectivity index is 0.000000144. The summed E-state index contributed by atoms with van der Waals surface area (Å²) in [5, 5.41) is 18.0. The van der Waals surface area contributed by atoms with Crippen LogP contribution in [-0.2, 0) is 60.4 Å². The fourth-order valence-corrected chi connectivity index (χ4v) is 15.0. The molecule has 4 N–H and O–H groups in total. The molecule has 121 heavy (non-hydrogen) atoms. The minimum atomic E-state index is -0.349. The van der Waals surface area contributed by atoms with Gasteiger partial charge in [-0.05, 0) is 159 Å². The number of nitrogens with zero attached hydrogens (tertiary/aromatic N) is 10. The van der Waals surface area contributed by atoms with Gasteiger partial charge in [-0.3, -0.25) is 33.8 Å². The van der Waals surface area contributed by atoms with E-state index in [0.29, 0.717) is 168 Å². The minimum absolute atomic E-state index is 0.000751. The Kier molecular flexibility index (Phi) is 28.3. The Labute approximate surface area is 707 Å². The number of aromatic hydroxyl groups is 1. The zero-order chi connectivity index (χ0) is 86.0. The number of phenols is 1. The molecule has 622 valence electrons. The van der Waals surface area contributed by atoms with Crippen LogP contribution in [0.5, 0.6) is 34.5 Å². The maximum atomic E-state index is 13.4. The summed E-state index contributed by atoms with van der Waals surface area (Å²) in [6.45, 7) is 10.4. The number of nitrogens with one attached hydrogen (secondary N) is 3. The van der Waals surface area contributed by atoms with Gasteiger partial charge in [0.05, 0.1) is 88.9 Å². The number of phenolic OH excluding ortho intramolecular Hbond substituents is 1. The van der Waals surface area contributed by atoms with Gasteiger partial charge in [-0.15, -0.1) is 0 Å². The average molecular weight is 1700 g/mol. The van der Waals surface area contributed by atoms with Crippen molar-refractivity contribution in [3.63, 3.8) is 0 Å². The number of pyridine rings is 5. The van der Waals surface area contributed by atoms with E-state index in [0.717, 1.165) is 67.2 Å². The molecule has 29 nitrogen and oxygen atoms in total. The van der Waals surface area contributed by atoms with Crippen LogP contribution in [0.25, 0.3) is 0 Å². The quantitative estimate of drug-likeness (QED) is 0.0458. The Morgan fingerprint density at radius 2 is 0.893 bits per heavy atom. The zero-order valence-corrected chi connectivity index (χ0v) is 70.0. The van der Waals surface area contributed by atoms with Crippen molar-refractivity contribution in [2.75, 3.05) is 95.5 Å². The number of hydrogen-bond donors (Lipinski definition) is 4. The summed E-state index contributed by atoms with van der Waals surface area (Å²) < 4.78 is 36.8. The number of aromatic nitrogens is 5. The molecule has 17 rings (SSSR count). The maximum Gasteiger partial charge on any atom is 0.338 e. The predicted octanol–water partition coefficient (Wildman–Crippen LogP) is 13.2. The molecule has 11 aromatic rings. The fourth-order valence-electron chi connectivity index (χ4n) is 14.4. The molecule has 0 spiro atoms. The number of anilines is 6. The van der Waals surface area contributed by atoms with Gasteiger partial charge in [0.2, 0.25) is 0 Å². The highest BCUT2D eigenvalue weighted by atomic mass is 79.9. The largest absolute Gasteiger partial charge is 0.508 e. The van der Waals surface area contributed by atoms with Crippen LogP contribution in [0.1, 0.15) is 147 Å². The van der Waals surface area contributed by atoms with E-state index >= 15 is 0 Å². The van der Waals surface area contributed by atoms with E-state index in [-0.39, 0.29) is 53.1 Å². The van der Waals surface area contributed by atoms with Crippen LogP contribution < -0.4 is 59.2 Å². The van der Waals surface area contributed by atoms with Crippen LogP contribution in [0.3, 0.4) is 0 Å². The van der Waals surface area contributed by atoms with Crippen molar-refractivity contribution >= 4 is 98.0 Å². The van der Waals surface area contributed by atoms with Gasteiger partial charge in [-0.25, -0.2) is 29.5 Å². The predicted molar refractivity (Wildman–Crippen MR) is 458 cm³/mol. The van der Waals surface area contributed by atoms with E-state index in [9.17, 15) is 43.5 Å². The Hall–Kier alpha value is -14.3. The van der Waals surface area contributed by atoms with Crippen LogP contribution in [-0.4, -0.2) is 158 Å². The summed E-state index contributed by atoms with van der Waals surface area (Å²) in [5.74, 6) is 5.30. The van der Waals surface area contributed by atoms with Gasteiger partial charge in [0.25, 0.3) is 35.4 Å². The second-order valence-electron chi connectivity index (χ2n) is 27.7. The number of alkyl halides is 1. The number of hydrogen-bond acceptors (Lipinski definition) is 23. The number of fused-ring (bicyclic) bond motifs is 8. The van der Waals surface area contributed by atoms with E-state index in [1.54, 1.807) is 137 Å². The molecule has 0 atom stereocenters. The van der Waals surface area contributed by atoms with Crippen molar-refractivity contribution in [3.8, 4) is 34.5 Å². The first-order chi connectivity index (χ1) is 58.7. The first kappa shape index (κ1) is 86.1. The molecule has 6 amide bonds. The van der Waals surface area contributed by atoms with Gasteiger partial charge in [0.15, 0.2) is 11.6 Å². The molecule has 0 saturated heterocycles. The lowest BCUT2D eigenvalue weighted by atomic mass is 10.1. The topological polar surface area (TPSA) is 338 Å². The molecule has 6 aromatic carbocycles. The van der Waals surface area contributed by atoms with Crippen LogP contribution in [0, 0.1) is 6.92 Å². The first-order valence-corrected chi connectivity index (χ1v) is 39.8. The number of carbonyl (C=O) groups is 8. The van der Waals surface area contributed by atoms with Gasteiger partial charge in [0, 0.05) is 164 Å². The molecular weight excluding hydrogens is 1610 g/mol. The van der Waals surface area contributed by atoms with E-state index in [1.807, 2.05) is 139 Å².